The number of rotatable bonds is 2. The summed E-state index contributed by atoms with van der Waals surface area (Å²) < 4.78 is 0. The molecule has 13 heavy (non-hydrogen) atoms. The van der Waals surface area contributed by atoms with Crippen LogP contribution in [0.3, 0.4) is 0 Å². The lowest BCUT2D eigenvalue weighted by molar-refractivity contribution is 0.383. The minimum Gasteiger partial charge on any atom is -0.311 e. The topological polar surface area (TPSA) is 12.0 Å². The molecule has 76 valence electrons. The van der Waals surface area contributed by atoms with Crippen LogP contribution in [0.1, 0.15) is 58.3 Å². The highest BCUT2D eigenvalue weighted by atomic mass is 15.0. The third-order valence-corrected chi connectivity index (χ3v) is 3.66. The second-order valence-electron chi connectivity index (χ2n) is 5.03. The minimum atomic E-state index is 0.857. The molecule has 0 aliphatic heterocycles. The van der Waals surface area contributed by atoms with Crippen LogP contribution in [0.4, 0.5) is 0 Å². The molecule has 2 rings (SSSR count). The summed E-state index contributed by atoms with van der Waals surface area (Å²) in [6, 6.07) is 1.74. The third-order valence-electron chi connectivity index (χ3n) is 3.66. The van der Waals surface area contributed by atoms with Gasteiger partial charge in [-0.05, 0) is 25.2 Å². The Morgan fingerprint density at radius 2 is 1.46 bits per heavy atom. The fourth-order valence-corrected chi connectivity index (χ4v) is 2.48. The summed E-state index contributed by atoms with van der Waals surface area (Å²) in [5.74, 6) is 0.963. The Morgan fingerprint density at radius 1 is 0.923 bits per heavy atom. The van der Waals surface area contributed by atoms with Gasteiger partial charge in [0.05, 0.1) is 0 Å². The van der Waals surface area contributed by atoms with Gasteiger partial charge in [0.25, 0.3) is 0 Å². The SMILES string of the molecule is CC1CC1NC1CCCCCCC1. The van der Waals surface area contributed by atoms with E-state index >= 15 is 0 Å². The fraction of sp³-hybridized carbons (Fsp3) is 1.00. The molecule has 1 heteroatoms. The van der Waals surface area contributed by atoms with Gasteiger partial charge in [0.1, 0.15) is 0 Å². The molecule has 2 aliphatic carbocycles. The lowest BCUT2D eigenvalue weighted by Gasteiger charge is -2.21. The Balaban J connectivity index is 1.69. The molecule has 2 atom stereocenters. The molecule has 0 amide bonds. The maximum atomic E-state index is 3.81. The highest BCUT2D eigenvalue weighted by molar-refractivity contribution is 4.92. The summed E-state index contributed by atoms with van der Waals surface area (Å²) in [5.41, 5.74) is 0. The van der Waals surface area contributed by atoms with Gasteiger partial charge in [-0.3, -0.25) is 0 Å². The zero-order valence-corrected chi connectivity index (χ0v) is 8.89. The van der Waals surface area contributed by atoms with E-state index in [1.165, 1.54) is 51.4 Å². The lowest BCUT2D eigenvalue weighted by Crippen LogP contribution is -2.32. The van der Waals surface area contributed by atoms with Crippen LogP contribution in [-0.4, -0.2) is 12.1 Å². The molecular weight excluding hydrogens is 158 g/mol. The van der Waals surface area contributed by atoms with Crippen molar-refractivity contribution in [1.82, 2.24) is 5.32 Å². The average molecular weight is 181 g/mol. The maximum Gasteiger partial charge on any atom is 0.00989 e. The highest BCUT2D eigenvalue weighted by Crippen LogP contribution is 2.31. The van der Waals surface area contributed by atoms with Gasteiger partial charge in [-0.25, -0.2) is 0 Å². The highest BCUT2D eigenvalue weighted by Gasteiger charge is 2.33. The number of hydrogen-bond acceptors (Lipinski definition) is 1. The van der Waals surface area contributed by atoms with Crippen LogP contribution in [0.15, 0.2) is 0 Å². The van der Waals surface area contributed by atoms with E-state index in [1.807, 2.05) is 0 Å². The molecular formula is C12H23N. The molecule has 2 unspecified atom stereocenters. The smallest absolute Gasteiger partial charge is 0.00989 e. The van der Waals surface area contributed by atoms with Gasteiger partial charge in [0.2, 0.25) is 0 Å². The predicted molar refractivity (Wildman–Crippen MR) is 56.8 cm³/mol. The molecule has 0 aromatic carbocycles. The van der Waals surface area contributed by atoms with E-state index in [-0.39, 0.29) is 0 Å². The molecule has 1 nitrogen and oxygen atoms in total. The van der Waals surface area contributed by atoms with Gasteiger partial charge < -0.3 is 5.32 Å². The molecule has 2 fully saturated rings. The Morgan fingerprint density at radius 3 is 2.00 bits per heavy atom. The van der Waals surface area contributed by atoms with Crippen LogP contribution in [-0.2, 0) is 0 Å². The lowest BCUT2D eigenvalue weighted by atomic mass is 9.97. The molecule has 0 aromatic rings. The Hall–Kier alpha value is -0.0400. The summed E-state index contributed by atoms with van der Waals surface area (Å²) in [6.45, 7) is 2.36. The van der Waals surface area contributed by atoms with Gasteiger partial charge >= 0.3 is 0 Å². The normalized spacial score (nSPS) is 36.7. The minimum absolute atomic E-state index is 0.857. The first-order valence-electron chi connectivity index (χ1n) is 6.12. The monoisotopic (exact) mass is 181 g/mol. The van der Waals surface area contributed by atoms with Gasteiger partial charge in [0.15, 0.2) is 0 Å². The van der Waals surface area contributed by atoms with Gasteiger partial charge in [-0.1, -0.05) is 39.0 Å². The van der Waals surface area contributed by atoms with E-state index in [4.69, 9.17) is 0 Å². The third kappa shape index (κ3) is 2.98. The van der Waals surface area contributed by atoms with E-state index in [9.17, 15) is 0 Å². The van der Waals surface area contributed by atoms with Crippen molar-refractivity contribution in [3.63, 3.8) is 0 Å². The first-order chi connectivity index (χ1) is 6.36. The van der Waals surface area contributed by atoms with Crippen LogP contribution in [0.25, 0.3) is 0 Å². The molecule has 2 saturated carbocycles. The van der Waals surface area contributed by atoms with E-state index in [0.29, 0.717) is 0 Å². The van der Waals surface area contributed by atoms with Gasteiger partial charge in [-0.15, -0.1) is 0 Å². The summed E-state index contributed by atoms with van der Waals surface area (Å²) in [6.07, 6.45) is 11.6. The standard InChI is InChI=1S/C12H23N/c1-10-9-12(10)13-11-7-5-3-2-4-6-8-11/h10-13H,2-9H2,1H3. The molecule has 0 spiro atoms. The van der Waals surface area contributed by atoms with Crippen LogP contribution in [0.5, 0.6) is 0 Å². The van der Waals surface area contributed by atoms with E-state index in [2.05, 4.69) is 12.2 Å². The molecule has 0 saturated heterocycles. The van der Waals surface area contributed by atoms with Crippen LogP contribution >= 0.6 is 0 Å². The average Bonchev–Trinajstić information content (AvgIpc) is 2.72. The second-order valence-corrected chi connectivity index (χ2v) is 5.03. The first kappa shape index (κ1) is 9.51. The predicted octanol–water partition coefficient (Wildman–Crippen LogP) is 3.10. The first-order valence-corrected chi connectivity index (χ1v) is 6.12. The van der Waals surface area contributed by atoms with E-state index in [0.717, 1.165) is 18.0 Å². The summed E-state index contributed by atoms with van der Waals surface area (Å²) in [5, 5.41) is 3.81. The maximum absolute atomic E-state index is 3.81. The van der Waals surface area contributed by atoms with Gasteiger partial charge in [-0.2, -0.15) is 0 Å². The second kappa shape index (κ2) is 4.45. The van der Waals surface area contributed by atoms with Crippen molar-refractivity contribution < 1.29 is 0 Å². The van der Waals surface area contributed by atoms with Crippen molar-refractivity contribution >= 4 is 0 Å². The fourth-order valence-electron chi connectivity index (χ4n) is 2.48. The zero-order valence-electron chi connectivity index (χ0n) is 8.89. The molecule has 0 aromatic heterocycles. The molecule has 1 N–H and O–H groups in total. The number of hydrogen-bond donors (Lipinski definition) is 1. The Bertz CT molecular complexity index is 147. The van der Waals surface area contributed by atoms with E-state index in [1.54, 1.807) is 0 Å². The zero-order chi connectivity index (χ0) is 9.10. The quantitative estimate of drug-likeness (QED) is 0.690. The van der Waals surface area contributed by atoms with Crippen molar-refractivity contribution in [2.24, 2.45) is 5.92 Å². The molecule has 0 bridgehead atoms. The van der Waals surface area contributed by atoms with Crippen molar-refractivity contribution in [2.45, 2.75) is 70.4 Å². The Labute approximate surface area is 82.3 Å². The van der Waals surface area contributed by atoms with Crippen LogP contribution in [0.2, 0.25) is 0 Å². The summed E-state index contributed by atoms with van der Waals surface area (Å²) in [4.78, 5) is 0. The van der Waals surface area contributed by atoms with Crippen LogP contribution < -0.4 is 5.32 Å². The van der Waals surface area contributed by atoms with Crippen LogP contribution in [0, 0.1) is 5.92 Å². The molecule has 0 radical (unpaired) electrons. The summed E-state index contributed by atoms with van der Waals surface area (Å²) in [7, 11) is 0. The largest absolute Gasteiger partial charge is 0.311 e. The van der Waals surface area contributed by atoms with Crippen molar-refractivity contribution in [1.29, 1.82) is 0 Å². The van der Waals surface area contributed by atoms with Crippen molar-refractivity contribution in [2.75, 3.05) is 0 Å². The van der Waals surface area contributed by atoms with Crippen molar-refractivity contribution in [3.05, 3.63) is 0 Å². The molecule has 2 aliphatic rings. The summed E-state index contributed by atoms with van der Waals surface area (Å²) >= 11 is 0. The molecule has 0 heterocycles. The van der Waals surface area contributed by atoms with Crippen molar-refractivity contribution in [3.8, 4) is 0 Å². The van der Waals surface area contributed by atoms with E-state index < -0.39 is 0 Å². The van der Waals surface area contributed by atoms with Gasteiger partial charge in [0, 0.05) is 12.1 Å². The number of nitrogens with one attached hydrogen (secondary N) is 1. The Kier molecular flexibility index (Phi) is 3.26.